The van der Waals surface area contributed by atoms with Gasteiger partial charge in [0.2, 0.25) is 5.91 Å². The lowest BCUT2D eigenvalue weighted by atomic mass is 9.86. The van der Waals surface area contributed by atoms with Crippen molar-refractivity contribution >= 4 is 17.5 Å². The smallest absolute Gasteiger partial charge is 0.251 e. The number of likely N-dealkylation sites (tertiary alicyclic amines) is 1. The molecule has 0 radical (unpaired) electrons. The minimum absolute atomic E-state index is 0.0798. The number of carbonyl (C=O) groups is 2. The van der Waals surface area contributed by atoms with Crippen molar-refractivity contribution in [3.05, 3.63) is 36.4 Å². The van der Waals surface area contributed by atoms with E-state index in [9.17, 15) is 9.59 Å². The van der Waals surface area contributed by atoms with Crippen LogP contribution in [0.2, 0.25) is 0 Å². The van der Waals surface area contributed by atoms with Crippen molar-refractivity contribution < 1.29 is 14.3 Å². The summed E-state index contributed by atoms with van der Waals surface area (Å²) < 4.78 is 5.58. The van der Waals surface area contributed by atoms with Gasteiger partial charge in [-0.2, -0.15) is 0 Å². The third kappa shape index (κ3) is 3.16. The van der Waals surface area contributed by atoms with Gasteiger partial charge >= 0.3 is 0 Å². The fourth-order valence-electron chi connectivity index (χ4n) is 4.39. The first-order valence-corrected chi connectivity index (χ1v) is 9.66. The van der Waals surface area contributed by atoms with Gasteiger partial charge in [0.15, 0.2) is 0 Å². The lowest BCUT2D eigenvalue weighted by molar-refractivity contribution is -0.122. The van der Waals surface area contributed by atoms with Crippen molar-refractivity contribution in [1.29, 1.82) is 0 Å². The molecule has 0 bridgehead atoms. The quantitative estimate of drug-likeness (QED) is 0.602. The monoisotopic (exact) mass is 354 g/mol. The number of carbonyl (C=O) groups excluding carboxylic acids is 2. The van der Waals surface area contributed by atoms with Crippen LogP contribution in [-0.2, 0) is 9.59 Å². The van der Waals surface area contributed by atoms with Crippen molar-refractivity contribution in [1.82, 2.24) is 4.90 Å². The first-order chi connectivity index (χ1) is 12.7. The van der Waals surface area contributed by atoms with Crippen LogP contribution in [0.25, 0.3) is 0 Å². The average Bonchev–Trinajstić information content (AvgIpc) is 3.21. The number of anilines is 1. The van der Waals surface area contributed by atoms with Crippen LogP contribution in [0.5, 0.6) is 5.75 Å². The van der Waals surface area contributed by atoms with E-state index in [0.29, 0.717) is 30.6 Å². The Morgan fingerprint density at radius 3 is 2.31 bits per heavy atom. The molecular weight excluding hydrogens is 328 g/mol. The van der Waals surface area contributed by atoms with E-state index in [1.807, 2.05) is 12.1 Å². The topological polar surface area (TPSA) is 49.9 Å². The molecular formula is C21H26N2O3. The molecule has 0 aromatic heterocycles. The zero-order valence-electron chi connectivity index (χ0n) is 15.3. The van der Waals surface area contributed by atoms with E-state index in [1.54, 1.807) is 12.1 Å². The minimum atomic E-state index is -0.302. The van der Waals surface area contributed by atoms with Crippen LogP contribution in [0, 0.1) is 11.8 Å². The van der Waals surface area contributed by atoms with E-state index in [0.717, 1.165) is 38.1 Å². The Morgan fingerprint density at radius 1 is 1.04 bits per heavy atom. The Bertz CT molecular complexity index is 696. The highest BCUT2D eigenvalue weighted by Gasteiger charge is 2.46. The fraction of sp³-hybridized carbons (Fsp3) is 0.524. The molecule has 0 spiro atoms. The second-order valence-corrected chi connectivity index (χ2v) is 7.55. The van der Waals surface area contributed by atoms with Gasteiger partial charge in [0, 0.05) is 13.1 Å². The Morgan fingerprint density at radius 2 is 1.69 bits per heavy atom. The molecule has 3 atom stereocenters. The first-order valence-electron chi connectivity index (χ1n) is 9.66. The third-order valence-corrected chi connectivity index (χ3v) is 5.78. The predicted molar refractivity (Wildman–Crippen MR) is 100 cm³/mol. The Balaban J connectivity index is 1.46. The Kier molecular flexibility index (Phi) is 4.81. The SMILES string of the molecule is CCCOc1ccc(N2C(=O)C[C@H](N3C[C@H]4CC=CC[C@H]4C3)C2=O)cc1. The summed E-state index contributed by atoms with van der Waals surface area (Å²) in [7, 11) is 0. The van der Waals surface area contributed by atoms with Crippen molar-refractivity contribution in [2.75, 3.05) is 24.6 Å². The number of rotatable bonds is 5. The second kappa shape index (κ2) is 7.23. The van der Waals surface area contributed by atoms with Crippen molar-refractivity contribution in [2.24, 2.45) is 11.8 Å². The van der Waals surface area contributed by atoms with E-state index in [-0.39, 0.29) is 17.9 Å². The molecule has 2 saturated heterocycles. The molecule has 0 saturated carbocycles. The summed E-state index contributed by atoms with van der Waals surface area (Å²) in [6.45, 7) is 4.57. The van der Waals surface area contributed by atoms with Gasteiger partial charge in [-0.1, -0.05) is 19.1 Å². The van der Waals surface area contributed by atoms with Crippen molar-refractivity contribution in [2.45, 2.75) is 38.6 Å². The molecule has 2 amide bonds. The van der Waals surface area contributed by atoms with Crippen LogP contribution in [0.15, 0.2) is 36.4 Å². The average molecular weight is 354 g/mol. The Labute approximate surface area is 154 Å². The number of fused-ring (bicyclic) bond motifs is 1. The fourth-order valence-corrected chi connectivity index (χ4v) is 4.39. The van der Waals surface area contributed by atoms with Gasteiger partial charge in [0.25, 0.3) is 5.91 Å². The van der Waals surface area contributed by atoms with Gasteiger partial charge in [-0.15, -0.1) is 0 Å². The standard InChI is InChI=1S/C21H26N2O3/c1-2-11-26-18-9-7-17(8-10-18)23-20(24)12-19(21(23)25)22-13-15-5-3-4-6-16(15)14-22/h3-4,7-10,15-16,19H,2,5-6,11-14H2,1H3/t15-,16+,19-/m0/s1. The summed E-state index contributed by atoms with van der Waals surface area (Å²) in [5, 5.41) is 0. The highest BCUT2D eigenvalue weighted by Crippen LogP contribution is 2.36. The maximum absolute atomic E-state index is 13.0. The van der Waals surface area contributed by atoms with Crippen LogP contribution in [0.4, 0.5) is 5.69 Å². The number of allylic oxidation sites excluding steroid dienone is 2. The lowest BCUT2D eigenvalue weighted by Crippen LogP contribution is -2.41. The van der Waals surface area contributed by atoms with Crippen LogP contribution >= 0.6 is 0 Å². The molecule has 1 aromatic rings. The van der Waals surface area contributed by atoms with Gasteiger partial charge in [-0.05, 0) is 55.4 Å². The van der Waals surface area contributed by atoms with Gasteiger partial charge in [-0.25, -0.2) is 4.90 Å². The highest BCUT2D eigenvalue weighted by atomic mass is 16.5. The number of nitrogens with zero attached hydrogens (tertiary/aromatic N) is 2. The molecule has 1 aromatic carbocycles. The molecule has 26 heavy (non-hydrogen) atoms. The number of hydrogen-bond donors (Lipinski definition) is 0. The molecule has 0 unspecified atom stereocenters. The minimum Gasteiger partial charge on any atom is -0.494 e. The van der Waals surface area contributed by atoms with Gasteiger partial charge in [0.05, 0.1) is 24.8 Å². The molecule has 2 aliphatic heterocycles. The second-order valence-electron chi connectivity index (χ2n) is 7.55. The van der Waals surface area contributed by atoms with E-state index in [2.05, 4.69) is 24.0 Å². The van der Waals surface area contributed by atoms with Crippen LogP contribution in [-0.4, -0.2) is 42.5 Å². The maximum Gasteiger partial charge on any atom is 0.251 e. The number of hydrogen-bond acceptors (Lipinski definition) is 4. The van der Waals surface area contributed by atoms with E-state index < -0.39 is 0 Å². The molecule has 4 rings (SSSR count). The molecule has 3 aliphatic rings. The van der Waals surface area contributed by atoms with E-state index in [1.165, 1.54) is 4.90 Å². The van der Waals surface area contributed by atoms with Crippen LogP contribution < -0.4 is 9.64 Å². The summed E-state index contributed by atoms with van der Waals surface area (Å²) in [5.41, 5.74) is 0.643. The van der Waals surface area contributed by atoms with Gasteiger partial charge in [-0.3, -0.25) is 14.5 Å². The van der Waals surface area contributed by atoms with E-state index >= 15 is 0 Å². The molecule has 5 nitrogen and oxygen atoms in total. The lowest BCUT2D eigenvalue weighted by Gasteiger charge is -2.22. The number of benzene rings is 1. The summed E-state index contributed by atoms with van der Waals surface area (Å²) in [6.07, 6.45) is 7.93. The summed E-state index contributed by atoms with van der Waals surface area (Å²) in [5.74, 6) is 1.85. The van der Waals surface area contributed by atoms with Gasteiger partial charge < -0.3 is 4.74 Å². The normalized spacial score (nSPS) is 28.7. The predicted octanol–water partition coefficient (Wildman–Crippen LogP) is 3.01. The van der Waals surface area contributed by atoms with Crippen molar-refractivity contribution in [3.8, 4) is 5.75 Å². The number of amides is 2. The number of imide groups is 1. The van der Waals surface area contributed by atoms with Crippen molar-refractivity contribution in [3.63, 3.8) is 0 Å². The molecule has 2 fully saturated rings. The summed E-state index contributed by atoms with van der Waals surface area (Å²) in [6, 6.07) is 6.96. The molecule has 138 valence electrons. The summed E-state index contributed by atoms with van der Waals surface area (Å²) >= 11 is 0. The summed E-state index contributed by atoms with van der Waals surface area (Å²) in [4.78, 5) is 29.1. The first kappa shape index (κ1) is 17.3. The molecule has 1 aliphatic carbocycles. The van der Waals surface area contributed by atoms with Gasteiger partial charge in [0.1, 0.15) is 5.75 Å². The Hall–Kier alpha value is -2.14. The van der Waals surface area contributed by atoms with E-state index in [4.69, 9.17) is 4.74 Å². The maximum atomic E-state index is 13.0. The zero-order chi connectivity index (χ0) is 18.1. The molecule has 0 N–H and O–H groups in total. The van der Waals surface area contributed by atoms with Crippen LogP contribution in [0.3, 0.4) is 0 Å². The molecule has 5 heteroatoms. The molecule has 2 heterocycles. The zero-order valence-corrected chi connectivity index (χ0v) is 15.3. The van der Waals surface area contributed by atoms with Crippen LogP contribution in [0.1, 0.15) is 32.6 Å². The number of ether oxygens (including phenoxy) is 1. The highest BCUT2D eigenvalue weighted by molar-refractivity contribution is 6.22. The largest absolute Gasteiger partial charge is 0.494 e. The third-order valence-electron chi connectivity index (χ3n) is 5.78.